The number of hydrogen-bond donors (Lipinski definition) is 0. The predicted octanol–water partition coefficient (Wildman–Crippen LogP) is 1.80. The van der Waals surface area contributed by atoms with Crippen LogP contribution in [0.4, 0.5) is 0 Å². The molecule has 0 bridgehead atoms. The van der Waals surface area contributed by atoms with Crippen molar-refractivity contribution in [1.82, 2.24) is 9.97 Å². The van der Waals surface area contributed by atoms with Gasteiger partial charge < -0.3 is 0 Å². The Kier molecular flexibility index (Phi) is 14.8. The van der Waals surface area contributed by atoms with Gasteiger partial charge in [0.15, 0.2) is 47.5 Å². The second-order valence-electron chi connectivity index (χ2n) is 7.81. The lowest BCUT2D eigenvalue weighted by atomic mass is 10.4. The maximum Gasteiger partial charge on any atom is 0.366 e. The second-order valence-corrected chi connectivity index (χ2v) is 19.2. The fourth-order valence-electron chi connectivity index (χ4n) is 2.83. The first-order chi connectivity index (χ1) is 16.3. The molecule has 0 aliphatic carbocycles. The molecule has 36 heavy (non-hydrogen) atoms. The Labute approximate surface area is 216 Å². The van der Waals surface area contributed by atoms with E-state index in [-0.39, 0.29) is 35.9 Å². The minimum atomic E-state index is -3.57. The molecule has 0 spiro atoms. The summed E-state index contributed by atoms with van der Waals surface area (Å²) < 4.78 is 90.2. The molecule has 1 rings (SSSR count). The van der Waals surface area contributed by atoms with Gasteiger partial charge in [0.05, 0.1) is 0 Å². The quantitative estimate of drug-likeness (QED) is 0.386. The summed E-state index contributed by atoms with van der Waals surface area (Å²) in [6.07, 6.45) is 3.02. The van der Waals surface area contributed by atoms with Crippen molar-refractivity contribution in [2.24, 2.45) is 0 Å². The topological polar surface area (TPSA) is 179 Å². The van der Waals surface area contributed by atoms with Crippen LogP contribution in [-0.2, 0) is 39.3 Å². The van der Waals surface area contributed by atoms with Crippen LogP contribution in [0.3, 0.4) is 0 Å². The van der Waals surface area contributed by atoms with E-state index in [1.807, 2.05) is 0 Å². The Hall–Kier alpha value is -1.45. The second kappa shape index (κ2) is 14.5. The fraction of sp³-hybridized carbons (Fsp3) is 0.762. The Balaban J connectivity index is 0. The van der Waals surface area contributed by atoms with E-state index in [1.54, 1.807) is 26.0 Å². The van der Waals surface area contributed by atoms with E-state index in [0.29, 0.717) is 0 Å². The van der Waals surface area contributed by atoms with Crippen molar-refractivity contribution in [3.63, 3.8) is 0 Å². The molecule has 0 aliphatic heterocycles. The molecule has 0 aliphatic rings. The SMILES string of the molecule is CCC(C)(S(=O)(=O)CC)S(=O)(=O)CC.CCC(C)(S(=O)(=O)CC)S(=O)(=O)CC.O=c1nccccn1. The predicted molar refractivity (Wildman–Crippen MR) is 144 cm³/mol. The molecule has 1 aromatic rings. The summed E-state index contributed by atoms with van der Waals surface area (Å²) in [5.74, 6) is -0.569. The van der Waals surface area contributed by atoms with Crippen LogP contribution in [0.25, 0.3) is 0 Å². The lowest BCUT2D eigenvalue weighted by Gasteiger charge is -2.26. The smallest absolute Gasteiger partial charge is 0.244 e. The minimum Gasteiger partial charge on any atom is -0.244 e. The number of aromatic nitrogens is 2. The molecule has 0 N–H and O–H groups in total. The zero-order chi connectivity index (χ0) is 29.1. The first kappa shape index (κ1) is 36.7. The van der Waals surface area contributed by atoms with Crippen LogP contribution >= 0.6 is 0 Å². The zero-order valence-corrected chi connectivity index (χ0v) is 25.5. The van der Waals surface area contributed by atoms with Crippen LogP contribution < -0.4 is 5.69 Å². The summed E-state index contributed by atoms with van der Waals surface area (Å²) in [5, 5.41) is 0. The molecule has 0 aromatic carbocycles. The first-order valence-corrected chi connectivity index (χ1v) is 18.0. The molecule has 1 heterocycles. The van der Waals surface area contributed by atoms with E-state index in [9.17, 15) is 38.5 Å². The first-order valence-electron chi connectivity index (χ1n) is 11.4. The number of nitrogens with zero attached hydrogens (tertiary/aromatic N) is 2. The highest BCUT2D eigenvalue weighted by Gasteiger charge is 2.47. The van der Waals surface area contributed by atoms with Crippen molar-refractivity contribution in [2.75, 3.05) is 23.0 Å². The van der Waals surface area contributed by atoms with E-state index in [0.717, 1.165) is 0 Å². The molecule has 0 fully saturated rings. The summed E-state index contributed by atoms with van der Waals surface area (Å²) in [7, 11) is -14.3. The normalized spacial score (nSPS) is 13.0. The van der Waals surface area contributed by atoms with Crippen LogP contribution in [0, 0.1) is 0 Å². The number of sulfone groups is 4. The van der Waals surface area contributed by atoms with Crippen LogP contribution in [0.2, 0.25) is 0 Å². The summed E-state index contributed by atoms with van der Waals surface area (Å²) in [6.45, 7) is 11.6. The average Bonchev–Trinajstić information content (AvgIpc) is 3.10. The molecule has 0 unspecified atom stereocenters. The average molecular weight is 593 g/mol. The van der Waals surface area contributed by atoms with Crippen molar-refractivity contribution in [3.8, 4) is 0 Å². The van der Waals surface area contributed by atoms with Crippen molar-refractivity contribution >= 4 is 39.3 Å². The van der Waals surface area contributed by atoms with Gasteiger partial charge in [0.2, 0.25) is 0 Å². The van der Waals surface area contributed by atoms with Gasteiger partial charge in [-0.25, -0.2) is 48.4 Å². The fourth-order valence-corrected chi connectivity index (χ4v) is 11.5. The van der Waals surface area contributed by atoms with Crippen LogP contribution in [0.1, 0.15) is 68.2 Å². The van der Waals surface area contributed by atoms with Crippen LogP contribution in [0.15, 0.2) is 29.3 Å². The van der Waals surface area contributed by atoms with Crippen molar-refractivity contribution < 1.29 is 33.7 Å². The molecule has 0 saturated heterocycles. The molecule has 212 valence electrons. The third-order valence-electron chi connectivity index (χ3n) is 6.09. The van der Waals surface area contributed by atoms with Gasteiger partial charge in [0.25, 0.3) is 0 Å². The van der Waals surface area contributed by atoms with Crippen LogP contribution in [-0.4, -0.2) is 74.8 Å². The van der Waals surface area contributed by atoms with Gasteiger partial charge in [0, 0.05) is 35.4 Å². The molecule has 0 amide bonds. The maximum atomic E-state index is 11.7. The van der Waals surface area contributed by atoms with E-state index >= 15 is 0 Å². The molecule has 15 heteroatoms. The monoisotopic (exact) mass is 592 g/mol. The van der Waals surface area contributed by atoms with Gasteiger partial charge in [-0.2, -0.15) is 0 Å². The molecule has 11 nitrogen and oxygen atoms in total. The lowest BCUT2D eigenvalue weighted by molar-refractivity contribution is 0.541. The molecule has 0 saturated carbocycles. The lowest BCUT2D eigenvalue weighted by Crippen LogP contribution is -2.44. The summed E-state index contributed by atoms with van der Waals surface area (Å²) in [6, 6.07) is 3.29. The van der Waals surface area contributed by atoms with Gasteiger partial charge in [-0.1, -0.05) is 41.5 Å². The highest BCUT2D eigenvalue weighted by atomic mass is 32.3. The molecular weight excluding hydrogens is 553 g/mol. The van der Waals surface area contributed by atoms with Gasteiger partial charge in [-0.05, 0) is 38.8 Å². The Morgan fingerprint density at radius 1 is 0.556 bits per heavy atom. The third-order valence-corrected chi connectivity index (χ3v) is 18.6. The van der Waals surface area contributed by atoms with E-state index < -0.39 is 53.2 Å². The van der Waals surface area contributed by atoms with E-state index in [1.165, 1.54) is 53.9 Å². The van der Waals surface area contributed by atoms with Crippen molar-refractivity contribution in [3.05, 3.63) is 35.0 Å². The summed E-state index contributed by atoms with van der Waals surface area (Å²) in [4.78, 5) is 17.0. The van der Waals surface area contributed by atoms with Gasteiger partial charge >= 0.3 is 5.69 Å². The highest BCUT2D eigenvalue weighted by Crippen LogP contribution is 2.30. The van der Waals surface area contributed by atoms with E-state index in [4.69, 9.17) is 0 Å². The standard InChI is InChI=1S/2C8H18O4S2.C5H4N2O/c2*1-5-8(4,13(9,10)6-2)14(11,12)7-3;8-5-6-3-1-2-4-7-5/h2*5-7H2,1-4H3;1-4H. The third kappa shape index (κ3) is 8.55. The summed E-state index contributed by atoms with van der Waals surface area (Å²) in [5.41, 5.74) is -0.449. The number of rotatable bonds is 10. The van der Waals surface area contributed by atoms with Gasteiger partial charge in [0.1, 0.15) is 0 Å². The van der Waals surface area contributed by atoms with Crippen LogP contribution in [0.5, 0.6) is 0 Å². The van der Waals surface area contributed by atoms with Gasteiger partial charge in [-0.15, -0.1) is 0 Å². The molecule has 0 radical (unpaired) electrons. The Morgan fingerprint density at radius 3 is 0.944 bits per heavy atom. The number of hydrogen-bond acceptors (Lipinski definition) is 11. The van der Waals surface area contributed by atoms with Crippen molar-refractivity contribution in [2.45, 2.75) is 76.4 Å². The molecular formula is C21H40N2O9S4. The Bertz CT molecular complexity index is 1140. The van der Waals surface area contributed by atoms with E-state index in [2.05, 4.69) is 9.97 Å². The zero-order valence-electron chi connectivity index (χ0n) is 22.3. The van der Waals surface area contributed by atoms with Gasteiger partial charge in [-0.3, -0.25) is 0 Å². The molecule has 0 atom stereocenters. The summed E-state index contributed by atoms with van der Waals surface area (Å²) >= 11 is 0. The highest BCUT2D eigenvalue weighted by molar-refractivity contribution is 8.10. The molecule has 1 aromatic heterocycles. The largest absolute Gasteiger partial charge is 0.366 e. The Morgan fingerprint density at radius 2 is 0.778 bits per heavy atom. The van der Waals surface area contributed by atoms with Crippen molar-refractivity contribution in [1.29, 1.82) is 0 Å². The minimum absolute atomic E-state index is 0.0966. The maximum absolute atomic E-state index is 11.7.